The Labute approximate surface area is 159 Å². The monoisotopic (exact) mass is 358 g/mol. The Hall–Kier alpha value is -3.40. The van der Waals surface area contributed by atoms with Crippen LogP contribution in [0.3, 0.4) is 0 Å². The van der Waals surface area contributed by atoms with E-state index in [1.54, 1.807) is 29.2 Å². The lowest BCUT2D eigenvalue weighted by Crippen LogP contribution is -2.30. The Bertz CT molecular complexity index is 917. The third-order valence-electron chi connectivity index (χ3n) is 4.33. The third-order valence-corrected chi connectivity index (χ3v) is 4.33. The number of nitrogens with zero attached hydrogens (tertiary/aromatic N) is 1. The summed E-state index contributed by atoms with van der Waals surface area (Å²) < 4.78 is 0. The Morgan fingerprint density at radius 2 is 1.41 bits per heavy atom. The van der Waals surface area contributed by atoms with Gasteiger partial charge in [-0.3, -0.25) is 9.59 Å². The molecule has 0 fully saturated rings. The largest absolute Gasteiger partial charge is 0.322 e. The average Bonchev–Trinajstić information content (AvgIpc) is 2.71. The van der Waals surface area contributed by atoms with Crippen molar-refractivity contribution < 1.29 is 9.59 Å². The van der Waals surface area contributed by atoms with Gasteiger partial charge in [-0.1, -0.05) is 35.9 Å². The van der Waals surface area contributed by atoms with Gasteiger partial charge in [0, 0.05) is 29.0 Å². The van der Waals surface area contributed by atoms with Crippen LogP contribution in [0, 0.1) is 6.92 Å². The lowest BCUT2D eigenvalue weighted by molar-refractivity contribution is 0.0985. The van der Waals surface area contributed by atoms with Gasteiger partial charge in [-0.2, -0.15) is 0 Å². The molecule has 0 radical (unpaired) electrons. The van der Waals surface area contributed by atoms with Gasteiger partial charge in [0.05, 0.1) is 0 Å². The molecule has 27 heavy (non-hydrogen) atoms. The summed E-state index contributed by atoms with van der Waals surface area (Å²) in [6, 6.07) is 23.9. The number of nitrogens with one attached hydrogen (secondary N) is 1. The van der Waals surface area contributed by atoms with Crippen molar-refractivity contribution >= 4 is 23.2 Å². The highest BCUT2D eigenvalue weighted by Gasteiger charge is 2.16. The summed E-state index contributed by atoms with van der Waals surface area (Å²) in [4.78, 5) is 26.9. The minimum atomic E-state index is -0.201. The van der Waals surface area contributed by atoms with Crippen LogP contribution in [0.15, 0.2) is 78.9 Å². The van der Waals surface area contributed by atoms with Gasteiger partial charge < -0.3 is 10.2 Å². The maximum atomic E-state index is 12.8. The van der Waals surface area contributed by atoms with E-state index in [0.29, 0.717) is 17.7 Å². The summed E-state index contributed by atoms with van der Waals surface area (Å²) in [6.45, 7) is 4.50. The molecule has 0 spiro atoms. The summed E-state index contributed by atoms with van der Waals surface area (Å²) >= 11 is 0. The van der Waals surface area contributed by atoms with Crippen molar-refractivity contribution in [3.05, 3.63) is 95.6 Å². The van der Waals surface area contributed by atoms with Gasteiger partial charge in [0.15, 0.2) is 0 Å². The molecule has 0 bridgehead atoms. The quantitative estimate of drug-likeness (QED) is 0.704. The summed E-state index contributed by atoms with van der Waals surface area (Å²) in [5, 5.41) is 2.86. The van der Waals surface area contributed by atoms with Gasteiger partial charge in [0.2, 0.25) is 0 Å². The molecule has 3 rings (SSSR count). The van der Waals surface area contributed by atoms with Crippen molar-refractivity contribution in [2.75, 3.05) is 16.8 Å². The van der Waals surface area contributed by atoms with Crippen LogP contribution in [0.1, 0.15) is 33.2 Å². The molecule has 0 saturated carbocycles. The second-order valence-corrected chi connectivity index (χ2v) is 6.28. The molecule has 3 aromatic rings. The number of rotatable bonds is 5. The molecule has 0 aliphatic heterocycles. The van der Waals surface area contributed by atoms with E-state index in [-0.39, 0.29) is 11.8 Å². The fourth-order valence-electron chi connectivity index (χ4n) is 2.81. The molecule has 0 unspecified atom stereocenters. The molecule has 0 saturated heterocycles. The normalized spacial score (nSPS) is 10.3. The molecular weight excluding hydrogens is 336 g/mol. The van der Waals surface area contributed by atoms with Gasteiger partial charge in [0.1, 0.15) is 0 Å². The first-order chi connectivity index (χ1) is 13.1. The number of hydrogen-bond donors (Lipinski definition) is 1. The van der Waals surface area contributed by atoms with E-state index in [0.717, 1.165) is 16.9 Å². The Kier molecular flexibility index (Phi) is 5.67. The number of carbonyl (C=O) groups is 2. The number of carbonyl (C=O) groups excluding carboxylic acids is 2. The van der Waals surface area contributed by atoms with Crippen LogP contribution in [0.2, 0.25) is 0 Å². The van der Waals surface area contributed by atoms with Gasteiger partial charge in [-0.05, 0) is 62.4 Å². The predicted octanol–water partition coefficient (Wildman–Crippen LogP) is 4.91. The molecule has 4 nitrogen and oxygen atoms in total. The lowest BCUT2D eigenvalue weighted by Gasteiger charge is -2.21. The zero-order chi connectivity index (χ0) is 19.2. The van der Waals surface area contributed by atoms with Crippen LogP contribution >= 0.6 is 0 Å². The Balaban J connectivity index is 1.73. The van der Waals surface area contributed by atoms with E-state index in [2.05, 4.69) is 5.32 Å². The second-order valence-electron chi connectivity index (χ2n) is 6.28. The summed E-state index contributed by atoms with van der Waals surface area (Å²) in [6.07, 6.45) is 0. The third kappa shape index (κ3) is 4.42. The van der Waals surface area contributed by atoms with Crippen molar-refractivity contribution in [1.82, 2.24) is 0 Å². The van der Waals surface area contributed by atoms with E-state index in [4.69, 9.17) is 0 Å². The molecule has 3 aromatic carbocycles. The van der Waals surface area contributed by atoms with Crippen LogP contribution in [0.5, 0.6) is 0 Å². The summed E-state index contributed by atoms with van der Waals surface area (Å²) in [5.41, 5.74) is 3.79. The molecule has 0 atom stereocenters. The Morgan fingerprint density at radius 3 is 2.00 bits per heavy atom. The number of amides is 2. The van der Waals surface area contributed by atoms with E-state index < -0.39 is 0 Å². The van der Waals surface area contributed by atoms with Crippen LogP contribution in [-0.4, -0.2) is 18.4 Å². The number of hydrogen-bond acceptors (Lipinski definition) is 2. The van der Waals surface area contributed by atoms with Gasteiger partial charge in [0.25, 0.3) is 11.8 Å². The first-order valence-corrected chi connectivity index (χ1v) is 8.93. The highest BCUT2D eigenvalue weighted by molar-refractivity contribution is 6.08. The van der Waals surface area contributed by atoms with Crippen LogP contribution in [0.25, 0.3) is 0 Å². The first-order valence-electron chi connectivity index (χ1n) is 8.93. The minimum absolute atomic E-state index is 0.0887. The van der Waals surface area contributed by atoms with E-state index in [1.807, 2.05) is 68.4 Å². The summed E-state index contributed by atoms with van der Waals surface area (Å²) in [5.74, 6) is -0.289. The number of anilines is 2. The van der Waals surface area contributed by atoms with Crippen LogP contribution < -0.4 is 10.2 Å². The van der Waals surface area contributed by atoms with Crippen molar-refractivity contribution in [1.29, 1.82) is 0 Å². The highest BCUT2D eigenvalue weighted by Crippen LogP contribution is 2.17. The second kappa shape index (κ2) is 8.32. The molecule has 0 aromatic heterocycles. The molecular formula is C23H22N2O2. The van der Waals surface area contributed by atoms with E-state index >= 15 is 0 Å². The minimum Gasteiger partial charge on any atom is -0.322 e. The van der Waals surface area contributed by atoms with Crippen molar-refractivity contribution in [3.8, 4) is 0 Å². The maximum Gasteiger partial charge on any atom is 0.258 e. The zero-order valence-electron chi connectivity index (χ0n) is 15.5. The molecule has 0 aliphatic carbocycles. The van der Waals surface area contributed by atoms with Crippen molar-refractivity contribution in [2.45, 2.75) is 13.8 Å². The fraction of sp³-hybridized carbons (Fsp3) is 0.130. The van der Waals surface area contributed by atoms with Crippen LogP contribution in [-0.2, 0) is 0 Å². The van der Waals surface area contributed by atoms with E-state index in [9.17, 15) is 9.59 Å². The molecule has 4 heteroatoms. The van der Waals surface area contributed by atoms with Gasteiger partial charge in [-0.25, -0.2) is 0 Å². The molecule has 0 heterocycles. The van der Waals surface area contributed by atoms with E-state index in [1.165, 1.54) is 0 Å². The zero-order valence-corrected chi connectivity index (χ0v) is 15.5. The summed E-state index contributed by atoms with van der Waals surface area (Å²) in [7, 11) is 0. The number of benzene rings is 3. The first kappa shape index (κ1) is 18.4. The SMILES string of the molecule is CCN(C(=O)c1ccc(C(=O)Nc2ccc(C)cc2)cc1)c1ccccc1. The standard InChI is InChI=1S/C23H22N2O2/c1-3-25(21-7-5-4-6-8-21)23(27)19-13-11-18(12-14-19)22(26)24-20-15-9-17(2)10-16-20/h4-16H,3H2,1-2H3,(H,24,26). The number of aryl methyl sites for hydroxylation is 1. The molecule has 0 aliphatic rings. The van der Waals surface area contributed by atoms with Gasteiger partial charge >= 0.3 is 0 Å². The topological polar surface area (TPSA) is 49.4 Å². The lowest BCUT2D eigenvalue weighted by atomic mass is 10.1. The average molecular weight is 358 g/mol. The van der Waals surface area contributed by atoms with Crippen LogP contribution in [0.4, 0.5) is 11.4 Å². The molecule has 1 N–H and O–H groups in total. The molecule has 136 valence electrons. The highest BCUT2D eigenvalue weighted by atomic mass is 16.2. The maximum absolute atomic E-state index is 12.8. The Morgan fingerprint density at radius 1 is 0.815 bits per heavy atom. The van der Waals surface area contributed by atoms with Gasteiger partial charge in [-0.15, -0.1) is 0 Å². The molecule has 2 amide bonds. The fourth-order valence-corrected chi connectivity index (χ4v) is 2.81. The smallest absolute Gasteiger partial charge is 0.258 e. The van der Waals surface area contributed by atoms with Crippen molar-refractivity contribution in [2.24, 2.45) is 0 Å². The predicted molar refractivity (Wildman–Crippen MR) is 109 cm³/mol. The number of para-hydroxylation sites is 1. The van der Waals surface area contributed by atoms with Crippen molar-refractivity contribution in [3.63, 3.8) is 0 Å².